The third-order valence-corrected chi connectivity index (χ3v) is 8.60. The highest BCUT2D eigenvalue weighted by atomic mass is 127. The molecule has 4 rings (SSSR count). The van der Waals surface area contributed by atoms with Crippen molar-refractivity contribution >= 4 is 108 Å². The van der Waals surface area contributed by atoms with E-state index in [1.165, 1.54) is 0 Å². The number of aromatic carboxylic acids is 1. The molecule has 2 atom stereocenters. The Morgan fingerprint density at radius 2 is 1.79 bits per heavy atom. The summed E-state index contributed by atoms with van der Waals surface area (Å²) in [5, 5.41) is 20.2. The van der Waals surface area contributed by atoms with Gasteiger partial charge in [-0.25, -0.2) is 4.79 Å². The Balaban J connectivity index is 2.15. The molecule has 1 aliphatic heterocycles. The van der Waals surface area contributed by atoms with Crippen molar-refractivity contribution < 1.29 is 24.5 Å². The number of allylic oxidation sites excluding steroid dienone is 1. The molecule has 1 heterocycles. The summed E-state index contributed by atoms with van der Waals surface area (Å²) >= 11 is 8.15. The third kappa shape index (κ3) is 3.62. The molecular weight excluding hydrogens is 828 g/mol. The van der Waals surface area contributed by atoms with E-state index >= 15 is 0 Å². The first kappa shape index (κ1) is 21.8. The standard InChI is InChI=1S/C20H10I4O5/c21-11-5-9-13(7-3-1-2-4-8(7)20(27)28)10-6-12(22)17(26)15(24)19(10)29-18(9)14(23)16(11)25/h1-6,14,18,26H,(H,27,28). The van der Waals surface area contributed by atoms with Crippen LogP contribution in [0.25, 0.3) is 5.57 Å². The average molecular weight is 838 g/mol. The van der Waals surface area contributed by atoms with Crippen molar-refractivity contribution in [3.05, 3.63) is 69.4 Å². The van der Waals surface area contributed by atoms with Gasteiger partial charge in [0.05, 0.1) is 16.3 Å². The molecule has 5 nitrogen and oxygen atoms in total. The number of hydrogen-bond acceptors (Lipinski definition) is 4. The summed E-state index contributed by atoms with van der Waals surface area (Å²) in [7, 11) is 0. The number of halogens is 4. The van der Waals surface area contributed by atoms with Crippen LogP contribution in [0, 0.1) is 7.14 Å². The molecule has 0 amide bonds. The van der Waals surface area contributed by atoms with Gasteiger partial charge in [0.1, 0.15) is 21.5 Å². The minimum atomic E-state index is -1.03. The summed E-state index contributed by atoms with van der Waals surface area (Å²) < 4.78 is 7.52. The zero-order chi connectivity index (χ0) is 21.0. The predicted octanol–water partition coefficient (Wildman–Crippen LogP) is 5.57. The maximum atomic E-state index is 12.6. The number of Topliss-reactive ketones (excluding diaryl/α,β-unsaturated/α-hetero) is 1. The molecule has 0 saturated carbocycles. The second-order valence-corrected chi connectivity index (χ2v) is 11.1. The minimum absolute atomic E-state index is 0.0287. The molecule has 0 saturated heterocycles. The van der Waals surface area contributed by atoms with Crippen LogP contribution >= 0.6 is 90.4 Å². The molecular formula is C20H10I4O5. The number of benzene rings is 2. The Morgan fingerprint density at radius 1 is 1.10 bits per heavy atom. The molecule has 29 heavy (non-hydrogen) atoms. The van der Waals surface area contributed by atoms with Gasteiger partial charge in [-0.1, -0.05) is 40.8 Å². The molecule has 2 aliphatic rings. The number of alkyl halides is 1. The van der Waals surface area contributed by atoms with Gasteiger partial charge in [-0.05, 0) is 91.5 Å². The first-order valence-electron chi connectivity index (χ1n) is 8.22. The van der Waals surface area contributed by atoms with Gasteiger partial charge in [0.15, 0.2) is 5.78 Å². The van der Waals surface area contributed by atoms with Crippen LogP contribution in [0.1, 0.15) is 21.5 Å². The molecule has 2 unspecified atom stereocenters. The number of carbonyl (C=O) groups excluding carboxylic acids is 1. The van der Waals surface area contributed by atoms with E-state index in [-0.39, 0.29) is 17.1 Å². The SMILES string of the molecule is O=C(O)c1ccccc1C1=C2C=C(I)C(=O)C(I)C2Oc2c1cc(I)c(O)c2I. The number of fused-ring (bicyclic) bond motifs is 2. The summed E-state index contributed by atoms with van der Waals surface area (Å²) in [6.07, 6.45) is 1.21. The first-order valence-corrected chi connectivity index (χ1v) is 12.7. The number of phenolic OH excluding ortho intramolecular Hbond substituents is 1. The normalized spacial score (nSPS) is 20.6. The molecule has 0 spiro atoms. The van der Waals surface area contributed by atoms with Gasteiger partial charge in [-0.3, -0.25) is 4.79 Å². The zero-order valence-electron chi connectivity index (χ0n) is 14.2. The largest absolute Gasteiger partial charge is 0.506 e. The number of ether oxygens (including phenoxy) is 1. The molecule has 2 aromatic carbocycles. The number of carboxylic acid groups (broad SMARTS) is 1. The van der Waals surface area contributed by atoms with Crippen LogP contribution in [-0.2, 0) is 4.79 Å². The Bertz CT molecular complexity index is 1150. The Labute approximate surface area is 220 Å². The van der Waals surface area contributed by atoms with Gasteiger partial charge < -0.3 is 14.9 Å². The minimum Gasteiger partial charge on any atom is -0.506 e. The quantitative estimate of drug-likeness (QED) is 0.306. The van der Waals surface area contributed by atoms with Crippen molar-refractivity contribution in [2.24, 2.45) is 0 Å². The number of aromatic hydroxyl groups is 1. The number of phenols is 1. The second-order valence-electron chi connectivity index (χ2n) is 6.38. The molecule has 0 fully saturated rings. The molecule has 1 aliphatic carbocycles. The van der Waals surface area contributed by atoms with Crippen molar-refractivity contribution in [1.29, 1.82) is 0 Å². The Hall–Kier alpha value is -0.420. The smallest absolute Gasteiger partial charge is 0.336 e. The lowest BCUT2D eigenvalue weighted by Gasteiger charge is -2.36. The third-order valence-electron chi connectivity index (χ3n) is 4.72. The predicted molar refractivity (Wildman–Crippen MR) is 142 cm³/mol. The van der Waals surface area contributed by atoms with Gasteiger partial charge in [-0.15, -0.1) is 0 Å². The molecule has 2 N–H and O–H groups in total. The maximum absolute atomic E-state index is 12.6. The van der Waals surface area contributed by atoms with Gasteiger partial charge in [0.2, 0.25) is 0 Å². The second kappa shape index (κ2) is 8.26. The lowest BCUT2D eigenvalue weighted by Crippen LogP contribution is -2.40. The number of carbonyl (C=O) groups is 2. The highest BCUT2D eigenvalue weighted by Crippen LogP contribution is 2.50. The lowest BCUT2D eigenvalue weighted by molar-refractivity contribution is -0.115. The number of ketones is 1. The van der Waals surface area contributed by atoms with E-state index in [2.05, 4.69) is 22.6 Å². The summed E-state index contributed by atoms with van der Waals surface area (Å²) in [5.74, 6) is -0.485. The van der Waals surface area contributed by atoms with E-state index in [0.29, 0.717) is 33.2 Å². The highest BCUT2D eigenvalue weighted by molar-refractivity contribution is 14.1. The molecule has 0 radical (unpaired) electrons. The fourth-order valence-corrected chi connectivity index (χ4v) is 7.36. The Morgan fingerprint density at radius 3 is 2.48 bits per heavy atom. The number of rotatable bonds is 2. The van der Waals surface area contributed by atoms with Crippen LogP contribution in [0.15, 0.2) is 45.6 Å². The van der Waals surface area contributed by atoms with E-state index in [1.807, 2.05) is 67.8 Å². The van der Waals surface area contributed by atoms with E-state index < -0.39 is 16.0 Å². The van der Waals surface area contributed by atoms with Crippen LogP contribution in [0.3, 0.4) is 0 Å². The summed E-state index contributed by atoms with van der Waals surface area (Å²) in [4.78, 5) is 24.5. The van der Waals surface area contributed by atoms with Crippen molar-refractivity contribution in [3.63, 3.8) is 0 Å². The topological polar surface area (TPSA) is 83.8 Å². The van der Waals surface area contributed by atoms with Crippen LogP contribution in [-0.4, -0.2) is 32.0 Å². The zero-order valence-corrected chi connectivity index (χ0v) is 22.9. The number of hydrogen-bond donors (Lipinski definition) is 2. The van der Waals surface area contributed by atoms with E-state index in [9.17, 15) is 19.8 Å². The molecule has 0 aromatic heterocycles. The fraction of sp³-hybridized carbons (Fsp3) is 0.100. The van der Waals surface area contributed by atoms with Gasteiger partial charge in [0.25, 0.3) is 0 Å². The monoisotopic (exact) mass is 838 g/mol. The maximum Gasteiger partial charge on any atom is 0.336 e. The van der Waals surface area contributed by atoms with Crippen molar-refractivity contribution in [2.75, 3.05) is 0 Å². The molecule has 148 valence electrons. The van der Waals surface area contributed by atoms with Crippen molar-refractivity contribution in [3.8, 4) is 11.5 Å². The van der Waals surface area contributed by atoms with Gasteiger partial charge in [0, 0.05) is 16.7 Å². The van der Waals surface area contributed by atoms with E-state index in [4.69, 9.17) is 4.74 Å². The van der Waals surface area contributed by atoms with Crippen LogP contribution in [0.5, 0.6) is 11.5 Å². The Kier molecular flexibility index (Phi) is 6.21. The first-order chi connectivity index (χ1) is 13.7. The summed E-state index contributed by atoms with van der Waals surface area (Å²) in [5.41, 5.74) is 2.92. The lowest BCUT2D eigenvalue weighted by atomic mass is 9.82. The average Bonchev–Trinajstić information content (AvgIpc) is 2.69. The summed E-state index contributed by atoms with van der Waals surface area (Å²) in [6.45, 7) is 0. The van der Waals surface area contributed by atoms with Crippen molar-refractivity contribution in [1.82, 2.24) is 0 Å². The van der Waals surface area contributed by atoms with Crippen LogP contribution < -0.4 is 4.74 Å². The summed E-state index contributed by atoms with van der Waals surface area (Å²) in [6, 6.07) is 8.61. The molecule has 0 bridgehead atoms. The highest BCUT2D eigenvalue weighted by Gasteiger charge is 2.42. The van der Waals surface area contributed by atoms with Crippen LogP contribution in [0.4, 0.5) is 0 Å². The number of carboxylic acids is 1. The molecule has 9 heteroatoms. The van der Waals surface area contributed by atoms with Gasteiger partial charge in [-0.2, -0.15) is 0 Å². The van der Waals surface area contributed by atoms with E-state index in [1.54, 1.807) is 36.4 Å². The van der Waals surface area contributed by atoms with Crippen LogP contribution in [0.2, 0.25) is 0 Å². The van der Waals surface area contributed by atoms with Crippen molar-refractivity contribution in [2.45, 2.75) is 10.0 Å². The van der Waals surface area contributed by atoms with E-state index in [0.717, 1.165) is 5.57 Å². The van der Waals surface area contributed by atoms with Gasteiger partial charge >= 0.3 is 5.97 Å². The molecule has 2 aromatic rings. The fourth-order valence-electron chi connectivity index (χ4n) is 3.42.